The first-order valence-electron chi connectivity index (χ1n) is 6.00. The Bertz CT molecular complexity index is 116. The molecule has 0 atom stereocenters. The monoisotopic (exact) mass is 224 g/mol. The summed E-state index contributed by atoms with van der Waals surface area (Å²) in [6, 6.07) is 0. The van der Waals surface area contributed by atoms with Crippen molar-refractivity contribution >= 4 is 0 Å². The molecule has 0 bridgehead atoms. The molecule has 2 rings (SSSR count). The molecule has 0 amide bonds. The Hall–Kier alpha value is 0.494. The van der Waals surface area contributed by atoms with Crippen molar-refractivity contribution in [1.29, 1.82) is 0 Å². The van der Waals surface area contributed by atoms with Crippen molar-refractivity contribution in [2.24, 2.45) is 0 Å². The average Bonchev–Trinajstić information content (AvgIpc) is 2.21. The van der Waals surface area contributed by atoms with Gasteiger partial charge in [-0.25, -0.2) is 0 Å². The fraction of sp³-hybridized carbons (Fsp3) is 1.00. The van der Waals surface area contributed by atoms with E-state index in [1.165, 1.54) is 64.2 Å². The van der Waals surface area contributed by atoms with Crippen molar-refractivity contribution in [2.75, 3.05) is 0 Å². The first-order chi connectivity index (χ1) is 6.45. The van der Waals surface area contributed by atoms with Crippen molar-refractivity contribution in [1.82, 2.24) is 0 Å². The van der Waals surface area contributed by atoms with E-state index in [4.69, 9.17) is 0 Å². The van der Waals surface area contributed by atoms with E-state index in [0.717, 1.165) is 9.78 Å². The second-order valence-electron chi connectivity index (χ2n) is 4.48. The van der Waals surface area contributed by atoms with Gasteiger partial charge in [-0.1, -0.05) is 0 Å². The first kappa shape index (κ1) is 10.0. The quantitative estimate of drug-likeness (QED) is 0.603. The van der Waals surface area contributed by atoms with Crippen LogP contribution >= 0.6 is 0 Å². The Morgan fingerprint density at radius 3 is 1.31 bits per heavy atom. The molecule has 2 aliphatic rings. The van der Waals surface area contributed by atoms with Crippen LogP contribution in [0.5, 0.6) is 0 Å². The van der Waals surface area contributed by atoms with Gasteiger partial charge in [-0.15, -0.1) is 0 Å². The van der Waals surface area contributed by atoms with Crippen LogP contribution in [-0.2, 0) is 14.4 Å². The zero-order valence-corrected chi connectivity index (χ0v) is 9.53. The van der Waals surface area contributed by atoms with Gasteiger partial charge in [0.25, 0.3) is 0 Å². The summed E-state index contributed by atoms with van der Waals surface area (Å²) in [7, 11) is 0. The summed E-state index contributed by atoms with van der Waals surface area (Å²) in [5.74, 6) is 0. The van der Waals surface area contributed by atoms with Gasteiger partial charge in [0.1, 0.15) is 0 Å². The Kier molecular flexibility index (Phi) is 4.16. The number of rotatable bonds is 2. The molecule has 0 radical (unpaired) electrons. The van der Waals surface area contributed by atoms with E-state index in [-0.39, 0.29) is 0 Å². The van der Waals surface area contributed by atoms with E-state index in [1.54, 1.807) is 0 Å². The van der Waals surface area contributed by atoms with Crippen LogP contribution in [0.3, 0.4) is 0 Å². The Morgan fingerprint density at radius 1 is 0.538 bits per heavy atom. The van der Waals surface area contributed by atoms with Gasteiger partial charge >= 0.3 is 88.4 Å². The molecular formula is C12H22Ni. The Morgan fingerprint density at radius 2 is 0.923 bits per heavy atom. The van der Waals surface area contributed by atoms with Gasteiger partial charge in [0.2, 0.25) is 0 Å². The summed E-state index contributed by atoms with van der Waals surface area (Å²) in [5, 5.41) is 0. The van der Waals surface area contributed by atoms with Gasteiger partial charge in [-0.05, 0) is 0 Å². The minimum absolute atomic E-state index is 1.06. The summed E-state index contributed by atoms with van der Waals surface area (Å²) >= 11 is 2.15. The van der Waals surface area contributed by atoms with E-state index in [9.17, 15) is 0 Å². The van der Waals surface area contributed by atoms with Crippen molar-refractivity contribution in [2.45, 2.75) is 74.0 Å². The number of hydrogen-bond donors (Lipinski definition) is 0. The van der Waals surface area contributed by atoms with Gasteiger partial charge in [0, 0.05) is 0 Å². The number of hydrogen-bond acceptors (Lipinski definition) is 0. The molecule has 0 aromatic rings. The van der Waals surface area contributed by atoms with Crippen LogP contribution in [0.25, 0.3) is 0 Å². The summed E-state index contributed by atoms with van der Waals surface area (Å²) < 4.78 is 0. The molecule has 0 N–H and O–H groups in total. The third kappa shape index (κ3) is 3.28. The molecule has 0 spiro atoms. The second kappa shape index (κ2) is 5.39. The van der Waals surface area contributed by atoms with Crippen molar-refractivity contribution in [3.05, 3.63) is 0 Å². The fourth-order valence-corrected chi connectivity index (χ4v) is 4.60. The van der Waals surface area contributed by atoms with Crippen LogP contribution in [0, 0.1) is 0 Å². The van der Waals surface area contributed by atoms with Crippen molar-refractivity contribution in [3.63, 3.8) is 0 Å². The van der Waals surface area contributed by atoms with E-state index < -0.39 is 0 Å². The predicted octanol–water partition coefficient (Wildman–Crippen LogP) is 4.57. The van der Waals surface area contributed by atoms with Crippen LogP contribution < -0.4 is 0 Å². The summed E-state index contributed by atoms with van der Waals surface area (Å²) in [6.07, 6.45) is 15.1. The average molecular weight is 225 g/mol. The van der Waals surface area contributed by atoms with E-state index in [2.05, 4.69) is 14.4 Å². The second-order valence-corrected chi connectivity index (χ2v) is 6.42. The van der Waals surface area contributed by atoms with Gasteiger partial charge in [-0.3, -0.25) is 0 Å². The molecule has 1 heteroatoms. The van der Waals surface area contributed by atoms with Gasteiger partial charge in [-0.2, -0.15) is 0 Å². The molecule has 0 unspecified atom stereocenters. The van der Waals surface area contributed by atoms with Crippen LogP contribution in [0.2, 0.25) is 9.78 Å². The molecule has 0 heterocycles. The fourth-order valence-electron chi connectivity index (χ4n) is 2.48. The van der Waals surface area contributed by atoms with Crippen LogP contribution in [0.4, 0.5) is 0 Å². The van der Waals surface area contributed by atoms with Crippen LogP contribution in [-0.4, -0.2) is 0 Å². The molecule has 0 aromatic carbocycles. The zero-order chi connectivity index (χ0) is 8.93. The maximum absolute atomic E-state index is 2.15. The minimum atomic E-state index is 1.06. The Labute approximate surface area is 88.7 Å². The molecule has 80 valence electrons. The van der Waals surface area contributed by atoms with Crippen molar-refractivity contribution < 1.29 is 14.4 Å². The predicted molar refractivity (Wildman–Crippen MR) is 53.7 cm³/mol. The molecule has 2 saturated carbocycles. The van der Waals surface area contributed by atoms with Crippen LogP contribution in [0.15, 0.2) is 0 Å². The Balaban J connectivity index is 1.69. The standard InChI is InChI=1S/2C6H11.Ni/c2*1-2-4-6-5-3-1;/h2*1H,2-6H2;. The SMILES string of the molecule is C1CC[CH]([Ni][CH]2CCCCC2)CC1. The molecule has 13 heavy (non-hydrogen) atoms. The molecule has 2 aliphatic carbocycles. The summed E-state index contributed by atoms with van der Waals surface area (Å²) in [6.45, 7) is 0. The topological polar surface area (TPSA) is 0 Å². The summed E-state index contributed by atoms with van der Waals surface area (Å²) in [5.41, 5.74) is 0. The molecule has 0 nitrogen and oxygen atoms in total. The molecule has 2 fully saturated rings. The normalized spacial score (nSPS) is 28.0. The third-order valence-electron chi connectivity index (χ3n) is 3.30. The van der Waals surface area contributed by atoms with Crippen LogP contribution in [0.1, 0.15) is 64.2 Å². The van der Waals surface area contributed by atoms with Gasteiger partial charge in [0.15, 0.2) is 0 Å². The maximum atomic E-state index is 2.15. The first-order valence-corrected chi connectivity index (χ1v) is 7.14. The van der Waals surface area contributed by atoms with E-state index >= 15 is 0 Å². The zero-order valence-electron chi connectivity index (χ0n) is 8.54. The molecule has 0 saturated heterocycles. The molecular weight excluding hydrogens is 203 g/mol. The third-order valence-corrected chi connectivity index (χ3v) is 5.37. The molecule has 0 aliphatic heterocycles. The van der Waals surface area contributed by atoms with Gasteiger partial charge < -0.3 is 0 Å². The summed E-state index contributed by atoms with van der Waals surface area (Å²) in [4.78, 5) is 2.12. The van der Waals surface area contributed by atoms with E-state index in [0.29, 0.717) is 0 Å². The van der Waals surface area contributed by atoms with E-state index in [1.807, 2.05) is 0 Å². The van der Waals surface area contributed by atoms with Crippen molar-refractivity contribution in [3.8, 4) is 0 Å². The molecule has 0 aromatic heterocycles. The van der Waals surface area contributed by atoms with Gasteiger partial charge in [0.05, 0.1) is 0 Å².